The molecule has 0 saturated carbocycles. The van der Waals surface area contributed by atoms with Gasteiger partial charge in [-0.05, 0) is 37.5 Å². The van der Waals surface area contributed by atoms with E-state index in [1.807, 2.05) is 0 Å². The van der Waals surface area contributed by atoms with Gasteiger partial charge in [0.2, 0.25) is 0 Å². The van der Waals surface area contributed by atoms with Gasteiger partial charge in [-0.2, -0.15) is 0 Å². The molecule has 152 valence electrons. The summed E-state index contributed by atoms with van der Waals surface area (Å²) in [5, 5.41) is 2.85. The van der Waals surface area contributed by atoms with Crippen molar-refractivity contribution in [2.45, 2.75) is 31.9 Å². The molecule has 1 saturated heterocycles. The quantitative estimate of drug-likeness (QED) is 0.570. The lowest BCUT2D eigenvalue weighted by molar-refractivity contribution is -0.141. The van der Waals surface area contributed by atoms with Crippen LogP contribution < -0.4 is 5.32 Å². The van der Waals surface area contributed by atoms with E-state index in [0.29, 0.717) is 30.0 Å². The monoisotopic (exact) mass is 392 g/mol. The van der Waals surface area contributed by atoms with Gasteiger partial charge >= 0.3 is 12.0 Å². The SMILES string of the molecule is COCCOC(=O)C1=C(C)N(C[C@H]2CCCO2)C(=O)N[C@H]1c1ccc(F)cc1. The summed E-state index contributed by atoms with van der Waals surface area (Å²) >= 11 is 0. The van der Waals surface area contributed by atoms with Gasteiger partial charge in [-0.1, -0.05) is 12.1 Å². The topological polar surface area (TPSA) is 77.1 Å². The van der Waals surface area contributed by atoms with Gasteiger partial charge in [0.1, 0.15) is 12.4 Å². The molecule has 0 radical (unpaired) electrons. The third-order valence-electron chi connectivity index (χ3n) is 4.95. The molecule has 0 bridgehead atoms. The second-order valence-electron chi connectivity index (χ2n) is 6.81. The van der Waals surface area contributed by atoms with Crippen LogP contribution in [0.4, 0.5) is 9.18 Å². The zero-order valence-electron chi connectivity index (χ0n) is 16.1. The van der Waals surface area contributed by atoms with E-state index < -0.39 is 17.8 Å². The number of methoxy groups -OCH3 is 1. The molecule has 1 aromatic carbocycles. The number of allylic oxidation sites excluding steroid dienone is 1. The highest BCUT2D eigenvalue weighted by Crippen LogP contribution is 2.32. The van der Waals surface area contributed by atoms with Crippen LogP contribution in [-0.4, -0.2) is 56.5 Å². The smallest absolute Gasteiger partial charge is 0.338 e. The zero-order chi connectivity index (χ0) is 20.1. The Bertz CT molecular complexity index is 743. The van der Waals surface area contributed by atoms with Crippen molar-refractivity contribution in [3.8, 4) is 0 Å². The molecule has 2 atom stereocenters. The first-order valence-electron chi connectivity index (χ1n) is 9.33. The number of hydrogen-bond acceptors (Lipinski definition) is 5. The number of urea groups is 1. The van der Waals surface area contributed by atoms with Crippen LogP contribution in [0.15, 0.2) is 35.5 Å². The van der Waals surface area contributed by atoms with Crippen LogP contribution >= 0.6 is 0 Å². The largest absolute Gasteiger partial charge is 0.460 e. The number of nitrogens with zero attached hydrogens (tertiary/aromatic N) is 1. The summed E-state index contributed by atoms with van der Waals surface area (Å²) in [4.78, 5) is 27.1. The maximum atomic E-state index is 13.3. The Labute approximate surface area is 163 Å². The molecule has 0 aliphatic carbocycles. The van der Waals surface area contributed by atoms with Crippen LogP contribution in [0, 0.1) is 5.82 Å². The number of esters is 1. The molecular weight excluding hydrogens is 367 g/mol. The Morgan fingerprint density at radius 3 is 2.71 bits per heavy atom. The van der Waals surface area contributed by atoms with Gasteiger partial charge in [0, 0.05) is 19.4 Å². The van der Waals surface area contributed by atoms with Crippen molar-refractivity contribution in [1.82, 2.24) is 10.2 Å². The first kappa shape index (κ1) is 20.3. The minimum atomic E-state index is -0.719. The van der Waals surface area contributed by atoms with Crippen LogP contribution in [0.2, 0.25) is 0 Å². The summed E-state index contributed by atoms with van der Waals surface area (Å²) in [7, 11) is 1.52. The van der Waals surface area contributed by atoms with Crippen LogP contribution in [0.1, 0.15) is 31.4 Å². The van der Waals surface area contributed by atoms with Crippen molar-refractivity contribution in [2.75, 3.05) is 33.5 Å². The molecule has 1 N–H and O–H groups in total. The number of carbonyl (C=O) groups is 2. The molecule has 3 rings (SSSR count). The number of hydrogen-bond donors (Lipinski definition) is 1. The van der Waals surface area contributed by atoms with Gasteiger partial charge in [-0.15, -0.1) is 0 Å². The highest BCUT2D eigenvalue weighted by Gasteiger charge is 2.37. The summed E-state index contributed by atoms with van der Waals surface area (Å²) in [6, 6.07) is 4.64. The Kier molecular flexibility index (Phi) is 6.64. The van der Waals surface area contributed by atoms with Gasteiger partial charge in [0.05, 0.1) is 30.9 Å². The molecule has 0 unspecified atom stereocenters. The summed E-state index contributed by atoms with van der Waals surface area (Å²) in [5.74, 6) is -0.933. The molecule has 0 aromatic heterocycles. The molecule has 0 spiro atoms. The predicted molar refractivity (Wildman–Crippen MR) is 98.9 cm³/mol. The average molecular weight is 392 g/mol. The molecule has 2 aliphatic heterocycles. The zero-order valence-corrected chi connectivity index (χ0v) is 16.1. The Balaban J connectivity index is 1.91. The molecular formula is C20H25FN2O5. The number of rotatable bonds is 7. The van der Waals surface area contributed by atoms with E-state index in [0.717, 1.165) is 12.8 Å². The van der Waals surface area contributed by atoms with Gasteiger partial charge in [0.25, 0.3) is 0 Å². The van der Waals surface area contributed by atoms with E-state index in [4.69, 9.17) is 14.2 Å². The normalized spacial score (nSPS) is 22.4. The Morgan fingerprint density at radius 1 is 1.32 bits per heavy atom. The maximum absolute atomic E-state index is 13.3. The number of carbonyl (C=O) groups excluding carboxylic acids is 2. The fourth-order valence-electron chi connectivity index (χ4n) is 3.46. The van der Waals surface area contributed by atoms with Gasteiger partial charge in [-0.3, -0.25) is 4.90 Å². The Morgan fingerprint density at radius 2 is 2.07 bits per heavy atom. The molecule has 7 nitrogen and oxygen atoms in total. The summed E-state index contributed by atoms with van der Waals surface area (Å²) in [6.07, 6.45) is 1.76. The highest BCUT2D eigenvalue weighted by atomic mass is 19.1. The number of nitrogens with one attached hydrogen (secondary N) is 1. The first-order valence-corrected chi connectivity index (χ1v) is 9.33. The summed E-state index contributed by atoms with van der Waals surface area (Å²) in [6.45, 7) is 3.12. The van der Waals surface area contributed by atoms with E-state index in [1.54, 1.807) is 19.1 Å². The number of benzene rings is 1. The summed E-state index contributed by atoms with van der Waals surface area (Å²) in [5.41, 5.74) is 1.43. The second-order valence-corrected chi connectivity index (χ2v) is 6.81. The fourth-order valence-corrected chi connectivity index (χ4v) is 3.46. The van der Waals surface area contributed by atoms with Crippen molar-refractivity contribution < 1.29 is 28.2 Å². The third kappa shape index (κ3) is 4.51. The number of amides is 2. The maximum Gasteiger partial charge on any atom is 0.338 e. The molecule has 1 fully saturated rings. The molecule has 8 heteroatoms. The molecule has 2 aliphatic rings. The second kappa shape index (κ2) is 9.16. The summed E-state index contributed by atoms with van der Waals surface area (Å²) < 4.78 is 29.2. The molecule has 2 amide bonds. The van der Waals surface area contributed by atoms with E-state index >= 15 is 0 Å². The van der Waals surface area contributed by atoms with Gasteiger partial charge in [-0.25, -0.2) is 14.0 Å². The van der Waals surface area contributed by atoms with Crippen molar-refractivity contribution >= 4 is 12.0 Å². The molecule has 1 aromatic rings. The lowest BCUT2D eigenvalue weighted by atomic mass is 9.94. The standard InChI is InChI=1S/C20H25FN2O5/c1-13-17(19(24)28-11-10-26-2)18(14-5-7-15(21)8-6-14)22-20(25)23(13)12-16-4-3-9-27-16/h5-8,16,18H,3-4,9-12H2,1-2H3,(H,22,25)/t16-,18+/m1/s1. The third-order valence-corrected chi connectivity index (χ3v) is 4.95. The van der Waals surface area contributed by atoms with E-state index in [9.17, 15) is 14.0 Å². The van der Waals surface area contributed by atoms with Gasteiger partial charge in [0.15, 0.2) is 0 Å². The van der Waals surface area contributed by atoms with Crippen molar-refractivity contribution in [3.63, 3.8) is 0 Å². The van der Waals surface area contributed by atoms with E-state index in [-0.39, 0.29) is 25.3 Å². The number of ether oxygens (including phenoxy) is 3. The minimum Gasteiger partial charge on any atom is -0.460 e. The average Bonchev–Trinajstić information content (AvgIpc) is 3.18. The first-order chi connectivity index (χ1) is 13.5. The van der Waals surface area contributed by atoms with Gasteiger partial charge < -0.3 is 19.5 Å². The predicted octanol–water partition coefficient (Wildman–Crippen LogP) is 2.53. The van der Waals surface area contributed by atoms with E-state index in [2.05, 4.69) is 5.32 Å². The van der Waals surface area contributed by atoms with Crippen molar-refractivity contribution in [3.05, 3.63) is 46.9 Å². The lowest BCUT2D eigenvalue weighted by Crippen LogP contribution is -2.50. The van der Waals surface area contributed by atoms with Crippen LogP contribution in [-0.2, 0) is 19.0 Å². The lowest BCUT2D eigenvalue weighted by Gasteiger charge is -2.36. The van der Waals surface area contributed by atoms with Crippen molar-refractivity contribution in [2.24, 2.45) is 0 Å². The van der Waals surface area contributed by atoms with Crippen LogP contribution in [0.3, 0.4) is 0 Å². The molecule has 2 heterocycles. The fraction of sp³-hybridized carbons (Fsp3) is 0.500. The minimum absolute atomic E-state index is 0.0613. The van der Waals surface area contributed by atoms with Crippen molar-refractivity contribution in [1.29, 1.82) is 0 Å². The number of halogens is 1. The van der Waals surface area contributed by atoms with Crippen LogP contribution in [0.5, 0.6) is 0 Å². The Hall–Kier alpha value is -2.45. The van der Waals surface area contributed by atoms with Crippen LogP contribution in [0.25, 0.3) is 0 Å². The highest BCUT2D eigenvalue weighted by molar-refractivity contribution is 5.95. The molecule has 28 heavy (non-hydrogen) atoms. The van der Waals surface area contributed by atoms with E-state index in [1.165, 1.54) is 24.1 Å².